The third-order valence-electron chi connectivity index (χ3n) is 5.54. The highest BCUT2D eigenvalue weighted by atomic mass is 32.2. The Morgan fingerprint density at radius 2 is 1.68 bits per heavy atom. The van der Waals surface area contributed by atoms with Crippen molar-refractivity contribution in [2.75, 3.05) is 12.0 Å². The van der Waals surface area contributed by atoms with Gasteiger partial charge in [0.2, 0.25) is 9.84 Å². The topological polar surface area (TPSA) is 107 Å². The maximum atomic E-state index is 13.8. The molecule has 1 amide bonds. The fourth-order valence-corrected chi connectivity index (χ4v) is 6.01. The van der Waals surface area contributed by atoms with Gasteiger partial charge in [-0.2, -0.15) is 0 Å². The van der Waals surface area contributed by atoms with E-state index in [0.717, 1.165) is 11.1 Å². The molecule has 0 spiro atoms. The van der Waals surface area contributed by atoms with Gasteiger partial charge in [-0.25, -0.2) is 8.42 Å². The molecule has 1 aliphatic heterocycles. The molecular weight excluding hydrogens is 456 g/mol. The van der Waals surface area contributed by atoms with Crippen LogP contribution in [0.4, 0.5) is 11.4 Å². The lowest BCUT2D eigenvalue weighted by atomic mass is 10.1. The first kappa shape index (κ1) is 23.2. The van der Waals surface area contributed by atoms with Crippen molar-refractivity contribution < 1.29 is 22.9 Å². The van der Waals surface area contributed by atoms with Gasteiger partial charge in [-0.3, -0.25) is 19.8 Å². The molecule has 4 rings (SSSR count). The van der Waals surface area contributed by atoms with Crippen LogP contribution in [0.25, 0.3) is 6.08 Å². The molecule has 1 heterocycles. The van der Waals surface area contributed by atoms with Crippen molar-refractivity contribution in [1.29, 1.82) is 0 Å². The van der Waals surface area contributed by atoms with E-state index in [1.807, 2.05) is 19.9 Å². The number of hydrogen-bond donors (Lipinski definition) is 0. The molecule has 0 radical (unpaired) electrons. The van der Waals surface area contributed by atoms with Gasteiger partial charge in [-0.05, 0) is 54.8 Å². The number of hydrogen-bond acceptors (Lipinski definition) is 6. The number of carbonyl (C=O) groups excluding carboxylic acids is 1. The molecule has 0 bridgehead atoms. The molecule has 3 aromatic carbocycles. The number of nitrogens with zero attached hydrogens (tertiary/aromatic N) is 2. The molecule has 1 aliphatic rings. The summed E-state index contributed by atoms with van der Waals surface area (Å²) in [5, 5.41) is 9.90. The molecule has 9 heteroatoms. The highest BCUT2D eigenvalue weighted by molar-refractivity contribution is 7.97. The number of nitro benzene ring substituents is 1. The number of benzene rings is 3. The SMILES string of the molecule is COc1ccccc1C=C1C(=O)N(c2cc(C)cc(C)c2)C(c2cccc([N+](=O)[O-])c2)S1(=O)=O. The molecule has 1 fully saturated rings. The number of amides is 1. The van der Waals surface area contributed by atoms with Crippen LogP contribution in [0.15, 0.2) is 71.6 Å². The van der Waals surface area contributed by atoms with Crippen molar-refractivity contribution in [2.24, 2.45) is 0 Å². The van der Waals surface area contributed by atoms with Gasteiger partial charge >= 0.3 is 0 Å². The van der Waals surface area contributed by atoms with Crippen LogP contribution < -0.4 is 9.64 Å². The van der Waals surface area contributed by atoms with Crippen molar-refractivity contribution in [2.45, 2.75) is 19.2 Å². The second-order valence-electron chi connectivity index (χ2n) is 8.02. The van der Waals surface area contributed by atoms with E-state index < -0.39 is 30.9 Å². The maximum absolute atomic E-state index is 13.8. The highest BCUT2D eigenvalue weighted by Crippen LogP contribution is 2.44. The van der Waals surface area contributed by atoms with E-state index in [0.29, 0.717) is 17.0 Å². The van der Waals surface area contributed by atoms with Gasteiger partial charge in [0, 0.05) is 23.4 Å². The monoisotopic (exact) mass is 478 g/mol. The van der Waals surface area contributed by atoms with Gasteiger partial charge in [0.25, 0.3) is 11.6 Å². The summed E-state index contributed by atoms with van der Waals surface area (Å²) >= 11 is 0. The summed E-state index contributed by atoms with van der Waals surface area (Å²) in [6.45, 7) is 3.69. The minimum Gasteiger partial charge on any atom is -0.496 e. The van der Waals surface area contributed by atoms with Crippen molar-refractivity contribution in [3.8, 4) is 5.75 Å². The minimum atomic E-state index is -4.26. The molecule has 0 aromatic heterocycles. The average molecular weight is 479 g/mol. The first-order valence-corrected chi connectivity index (χ1v) is 11.9. The van der Waals surface area contributed by atoms with Crippen LogP contribution in [-0.4, -0.2) is 26.4 Å². The summed E-state index contributed by atoms with van der Waals surface area (Å²) in [7, 11) is -2.81. The lowest BCUT2D eigenvalue weighted by Crippen LogP contribution is -2.29. The van der Waals surface area contributed by atoms with Crippen LogP contribution in [0.3, 0.4) is 0 Å². The van der Waals surface area contributed by atoms with E-state index in [1.165, 1.54) is 42.4 Å². The summed E-state index contributed by atoms with van der Waals surface area (Å²) in [4.78, 5) is 25.2. The Labute approximate surface area is 197 Å². The van der Waals surface area contributed by atoms with Crippen LogP contribution in [0.5, 0.6) is 5.75 Å². The number of sulfone groups is 1. The number of ether oxygens (including phenoxy) is 1. The van der Waals surface area contributed by atoms with Crippen LogP contribution >= 0.6 is 0 Å². The zero-order chi connectivity index (χ0) is 24.6. The Morgan fingerprint density at radius 3 is 2.32 bits per heavy atom. The van der Waals surface area contributed by atoms with Crippen molar-refractivity contribution >= 4 is 33.2 Å². The number of carbonyl (C=O) groups is 1. The summed E-state index contributed by atoms with van der Waals surface area (Å²) < 4.78 is 32.9. The number of nitro groups is 1. The minimum absolute atomic E-state index is 0.130. The van der Waals surface area contributed by atoms with Gasteiger partial charge < -0.3 is 4.74 Å². The molecule has 34 heavy (non-hydrogen) atoms. The van der Waals surface area contributed by atoms with Crippen molar-refractivity contribution in [1.82, 2.24) is 0 Å². The average Bonchev–Trinajstić information content (AvgIpc) is 2.99. The zero-order valence-electron chi connectivity index (χ0n) is 18.8. The zero-order valence-corrected chi connectivity index (χ0v) is 19.6. The lowest BCUT2D eigenvalue weighted by molar-refractivity contribution is -0.384. The Bertz CT molecular complexity index is 1430. The van der Waals surface area contributed by atoms with Gasteiger partial charge in [-0.1, -0.05) is 36.4 Å². The number of para-hydroxylation sites is 1. The first-order valence-electron chi connectivity index (χ1n) is 10.4. The van der Waals surface area contributed by atoms with E-state index in [-0.39, 0.29) is 11.3 Å². The van der Waals surface area contributed by atoms with Gasteiger partial charge in [0.05, 0.1) is 12.0 Å². The van der Waals surface area contributed by atoms with Gasteiger partial charge in [-0.15, -0.1) is 0 Å². The fraction of sp³-hybridized carbons (Fsp3) is 0.160. The Morgan fingerprint density at radius 1 is 1.00 bits per heavy atom. The predicted molar refractivity (Wildman–Crippen MR) is 129 cm³/mol. The Balaban J connectivity index is 1.98. The highest BCUT2D eigenvalue weighted by Gasteiger charge is 2.50. The van der Waals surface area contributed by atoms with Crippen LogP contribution in [0.2, 0.25) is 0 Å². The Hall–Kier alpha value is -3.98. The number of non-ortho nitro benzene ring substituents is 1. The first-order chi connectivity index (χ1) is 16.1. The molecule has 3 aromatic rings. The summed E-state index contributed by atoms with van der Waals surface area (Å²) in [6, 6.07) is 17.5. The van der Waals surface area contributed by atoms with Crippen LogP contribution in [0, 0.1) is 24.0 Å². The standard InChI is InChI=1S/C25H22N2O6S/c1-16-11-17(2)13-21(12-16)26-24(28)23(15-18-7-4-5-10-22(18)33-3)34(31,32)25(26)19-8-6-9-20(14-19)27(29)30/h4-15,25H,1-3H3. The normalized spacial score (nSPS) is 18.3. The third kappa shape index (κ3) is 4.06. The van der Waals surface area contributed by atoms with Gasteiger partial charge in [0.1, 0.15) is 10.7 Å². The fourth-order valence-electron chi connectivity index (χ4n) is 4.14. The molecule has 8 nitrogen and oxygen atoms in total. The van der Waals surface area contributed by atoms with Crippen LogP contribution in [-0.2, 0) is 14.6 Å². The van der Waals surface area contributed by atoms with Crippen molar-refractivity contribution in [3.05, 3.63) is 104 Å². The molecule has 0 N–H and O–H groups in total. The summed E-state index contributed by atoms with van der Waals surface area (Å²) in [5.41, 5.74) is 2.39. The number of methoxy groups -OCH3 is 1. The van der Waals surface area contributed by atoms with E-state index in [2.05, 4.69) is 0 Å². The molecule has 1 atom stereocenters. The smallest absolute Gasteiger partial charge is 0.271 e. The second kappa shape index (κ2) is 8.75. The molecular formula is C25H22N2O6S. The summed E-state index contributed by atoms with van der Waals surface area (Å²) in [6.07, 6.45) is 1.30. The number of aryl methyl sites for hydroxylation is 2. The number of anilines is 1. The van der Waals surface area contributed by atoms with E-state index >= 15 is 0 Å². The largest absolute Gasteiger partial charge is 0.496 e. The molecule has 174 valence electrons. The molecule has 1 unspecified atom stereocenters. The quantitative estimate of drug-likeness (QED) is 0.298. The summed E-state index contributed by atoms with van der Waals surface area (Å²) in [5.74, 6) is -0.304. The van der Waals surface area contributed by atoms with E-state index in [9.17, 15) is 23.3 Å². The maximum Gasteiger partial charge on any atom is 0.271 e. The Kier molecular flexibility index (Phi) is 5.97. The van der Waals surface area contributed by atoms with Gasteiger partial charge in [0.15, 0.2) is 5.37 Å². The lowest BCUT2D eigenvalue weighted by Gasteiger charge is -2.24. The number of rotatable bonds is 5. The molecule has 0 aliphatic carbocycles. The van der Waals surface area contributed by atoms with Crippen molar-refractivity contribution in [3.63, 3.8) is 0 Å². The van der Waals surface area contributed by atoms with Crippen LogP contribution in [0.1, 0.15) is 27.6 Å². The second-order valence-corrected chi connectivity index (χ2v) is 10.00. The third-order valence-corrected chi connectivity index (χ3v) is 7.52. The predicted octanol–water partition coefficient (Wildman–Crippen LogP) is 4.72. The van der Waals surface area contributed by atoms with E-state index in [1.54, 1.807) is 36.4 Å². The molecule has 1 saturated heterocycles. The molecule has 0 saturated carbocycles. The van der Waals surface area contributed by atoms with E-state index in [4.69, 9.17) is 4.74 Å².